The van der Waals surface area contributed by atoms with Crippen LogP contribution < -0.4 is 0 Å². The van der Waals surface area contributed by atoms with E-state index in [-0.39, 0.29) is 19.5 Å². The number of rotatable bonds is 9. The van der Waals surface area contributed by atoms with E-state index in [0.29, 0.717) is 6.61 Å². The van der Waals surface area contributed by atoms with Crippen LogP contribution in [0.2, 0.25) is 0 Å². The van der Waals surface area contributed by atoms with Crippen LogP contribution in [0.5, 0.6) is 0 Å². The van der Waals surface area contributed by atoms with Crippen molar-refractivity contribution in [2.45, 2.75) is 64.7 Å². The predicted molar refractivity (Wildman–Crippen MR) is 54.3 cm³/mol. The standard InChI is InChI=1S/C11H24O.Zn/c1-2-3-4-5-6-7-8-9-10-11-12;/h12H,2-11H2,1H3;. The van der Waals surface area contributed by atoms with E-state index in [0.717, 1.165) is 6.42 Å². The molecule has 13 heavy (non-hydrogen) atoms. The fourth-order valence-electron chi connectivity index (χ4n) is 1.42. The summed E-state index contributed by atoms with van der Waals surface area (Å²) in [7, 11) is 0. The molecule has 0 unspecified atom stereocenters. The average Bonchev–Trinajstić information content (AvgIpc) is 2.10. The zero-order chi connectivity index (χ0) is 9.07. The molecule has 0 radical (unpaired) electrons. The monoisotopic (exact) mass is 236 g/mol. The Hall–Kier alpha value is 0.583. The zero-order valence-corrected chi connectivity index (χ0v) is 12.2. The molecular weight excluding hydrogens is 214 g/mol. The van der Waals surface area contributed by atoms with Gasteiger partial charge in [-0.05, 0) is 6.42 Å². The Labute approximate surface area is 96.1 Å². The number of unbranched alkanes of at least 4 members (excludes halogenated alkanes) is 8. The van der Waals surface area contributed by atoms with Gasteiger partial charge in [-0.2, -0.15) is 0 Å². The van der Waals surface area contributed by atoms with Gasteiger partial charge < -0.3 is 5.11 Å². The van der Waals surface area contributed by atoms with Gasteiger partial charge in [0, 0.05) is 26.1 Å². The summed E-state index contributed by atoms with van der Waals surface area (Å²) < 4.78 is 0. The first-order chi connectivity index (χ1) is 5.91. The summed E-state index contributed by atoms with van der Waals surface area (Å²) in [6.45, 7) is 2.62. The molecule has 0 aliphatic rings. The minimum Gasteiger partial charge on any atom is -0.396 e. The fraction of sp³-hybridized carbons (Fsp3) is 1.00. The van der Waals surface area contributed by atoms with Crippen molar-refractivity contribution < 1.29 is 24.6 Å². The second-order valence-corrected chi connectivity index (χ2v) is 3.55. The molecular formula is C11H24OZn. The molecule has 1 N–H and O–H groups in total. The molecule has 0 heterocycles. The molecule has 0 spiro atoms. The van der Waals surface area contributed by atoms with Gasteiger partial charge in [0.15, 0.2) is 0 Å². The maximum Gasteiger partial charge on any atom is 0.0431 e. The Kier molecular flexibility index (Phi) is 18.6. The Morgan fingerprint density at radius 2 is 1.08 bits per heavy atom. The zero-order valence-electron chi connectivity index (χ0n) is 9.23. The Balaban J connectivity index is 0. The number of aliphatic hydroxyl groups is 1. The third kappa shape index (κ3) is 15.3. The van der Waals surface area contributed by atoms with Gasteiger partial charge in [0.1, 0.15) is 0 Å². The number of hydrogen-bond acceptors (Lipinski definition) is 1. The van der Waals surface area contributed by atoms with Crippen LogP contribution in [0, 0.1) is 0 Å². The molecule has 0 saturated carbocycles. The SMILES string of the molecule is CCCCCCCCCCCO.[Zn]. The maximum atomic E-state index is 8.54. The number of hydrogen-bond donors (Lipinski definition) is 1. The summed E-state index contributed by atoms with van der Waals surface area (Å²) in [4.78, 5) is 0. The quantitative estimate of drug-likeness (QED) is 0.481. The summed E-state index contributed by atoms with van der Waals surface area (Å²) in [6.07, 6.45) is 11.8. The van der Waals surface area contributed by atoms with Gasteiger partial charge in [0.2, 0.25) is 0 Å². The van der Waals surface area contributed by atoms with Gasteiger partial charge in [-0.25, -0.2) is 0 Å². The molecule has 0 amide bonds. The molecule has 0 aromatic rings. The first kappa shape index (κ1) is 16.0. The minimum atomic E-state index is 0. The third-order valence-electron chi connectivity index (χ3n) is 2.26. The van der Waals surface area contributed by atoms with Crippen LogP contribution in [0.25, 0.3) is 0 Å². The summed E-state index contributed by atoms with van der Waals surface area (Å²) in [5, 5.41) is 8.54. The summed E-state index contributed by atoms with van der Waals surface area (Å²) in [5.41, 5.74) is 0. The Morgan fingerprint density at radius 3 is 1.46 bits per heavy atom. The van der Waals surface area contributed by atoms with Crippen molar-refractivity contribution in [3.8, 4) is 0 Å². The molecule has 1 nitrogen and oxygen atoms in total. The predicted octanol–water partition coefficient (Wildman–Crippen LogP) is 3.51. The van der Waals surface area contributed by atoms with Crippen molar-refractivity contribution in [2.75, 3.05) is 6.61 Å². The Bertz CT molecular complexity index is 66.5. The van der Waals surface area contributed by atoms with Crippen molar-refractivity contribution in [3.63, 3.8) is 0 Å². The first-order valence-corrected chi connectivity index (χ1v) is 5.52. The summed E-state index contributed by atoms with van der Waals surface area (Å²) in [6, 6.07) is 0. The van der Waals surface area contributed by atoms with Crippen LogP contribution in [0.1, 0.15) is 64.7 Å². The van der Waals surface area contributed by atoms with E-state index in [1.54, 1.807) is 0 Å². The van der Waals surface area contributed by atoms with Crippen molar-refractivity contribution in [3.05, 3.63) is 0 Å². The van der Waals surface area contributed by atoms with Crippen LogP contribution in [0.4, 0.5) is 0 Å². The van der Waals surface area contributed by atoms with Crippen LogP contribution >= 0.6 is 0 Å². The normalized spacial score (nSPS) is 9.69. The van der Waals surface area contributed by atoms with E-state index in [4.69, 9.17) is 5.11 Å². The first-order valence-electron chi connectivity index (χ1n) is 5.52. The second-order valence-electron chi connectivity index (χ2n) is 3.55. The molecule has 0 aliphatic carbocycles. The molecule has 0 saturated heterocycles. The van der Waals surface area contributed by atoms with Crippen molar-refractivity contribution in [1.29, 1.82) is 0 Å². The molecule has 0 aromatic heterocycles. The van der Waals surface area contributed by atoms with Crippen LogP contribution in [0.3, 0.4) is 0 Å². The Morgan fingerprint density at radius 1 is 0.692 bits per heavy atom. The van der Waals surface area contributed by atoms with Gasteiger partial charge in [0.05, 0.1) is 0 Å². The van der Waals surface area contributed by atoms with Gasteiger partial charge in [0.25, 0.3) is 0 Å². The summed E-state index contributed by atoms with van der Waals surface area (Å²) in [5.74, 6) is 0. The van der Waals surface area contributed by atoms with E-state index in [9.17, 15) is 0 Å². The number of aliphatic hydroxyl groups excluding tert-OH is 1. The molecule has 0 aromatic carbocycles. The van der Waals surface area contributed by atoms with Crippen molar-refractivity contribution >= 4 is 0 Å². The van der Waals surface area contributed by atoms with E-state index in [1.807, 2.05) is 0 Å². The largest absolute Gasteiger partial charge is 0.396 e. The van der Waals surface area contributed by atoms with Crippen LogP contribution in [0.15, 0.2) is 0 Å². The minimum absolute atomic E-state index is 0. The molecule has 0 bridgehead atoms. The molecule has 0 atom stereocenters. The van der Waals surface area contributed by atoms with Crippen molar-refractivity contribution in [2.24, 2.45) is 0 Å². The molecule has 76 valence electrons. The van der Waals surface area contributed by atoms with Crippen molar-refractivity contribution in [1.82, 2.24) is 0 Å². The average molecular weight is 238 g/mol. The summed E-state index contributed by atoms with van der Waals surface area (Å²) >= 11 is 0. The smallest absolute Gasteiger partial charge is 0.0431 e. The van der Waals surface area contributed by atoms with E-state index < -0.39 is 0 Å². The molecule has 0 rings (SSSR count). The molecule has 2 heteroatoms. The van der Waals surface area contributed by atoms with E-state index >= 15 is 0 Å². The topological polar surface area (TPSA) is 20.2 Å². The molecule has 0 fully saturated rings. The third-order valence-corrected chi connectivity index (χ3v) is 2.26. The molecule has 0 aliphatic heterocycles. The van der Waals surface area contributed by atoms with Crippen LogP contribution in [-0.2, 0) is 19.5 Å². The van der Waals surface area contributed by atoms with E-state index in [1.165, 1.54) is 51.4 Å². The van der Waals surface area contributed by atoms with Gasteiger partial charge >= 0.3 is 0 Å². The van der Waals surface area contributed by atoms with Gasteiger partial charge in [-0.3, -0.25) is 0 Å². The van der Waals surface area contributed by atoms with E-state index in [2.05, 4.69) is 6.92 Å². The van der Waals surface area contributed by atoms with Gasteiger partial charge in [-0.15, -0.1) is 0 Å². The maximum absolute atomic E-state index is 8.54. The van der Waals surface area contributed by atoms with Crippen LogP contribution in [-0.4, -0.2) is 11.7 Å². The van der Waals surface area contributed by atoms with Gasteiger partial charge in [-0.1, -0.05) is 58.3 Å². The fourth-order valence-corrected chi connectivity index (χ4v) is 1.42. The second kappa shape index (κ2) is 15.1.